The molecule has 0 amide bonds. The van der Waals surface area contributed by atoms with Gasteiger partial charge in [-0.1, -0.05) is 12.1 Å². The minimum atomic E-state index is -4.81. The Morgan fingerprint density at radius 3 is 2.37 bits per heavy atom. The Morgan fingerprint density at radius 1 is 1.10 bits per heavy atom. The van der Waals surface area contributed by atoms with E-state index in [0.717, 1.165) is 0 Å². The van der Waals surface area contributed by atoms with Gasteiger partial charge in [0.2, 0.25) is 0 Å². The Hall–Kier alpha value is -3.22. The fourth-order valence-corrected chi connectivity index (χ4v) is 7.21. The van der Waals surface area contributed by atoms with E-state index >= 15 is 0 Å². The van der Waals surface area contributed by atoms with E-state index in [-0.39, 0.29) is 30.2 Å². The van der Waals surface area contributed by atoms with Gasteiger partial charge in [0.15, 0.2) is 18.8 Å². The summed E-state index contributed by atoms with van der Waals surface area (Å²) in [5, 5.41) is 3.10. The summed E-state index contributed by atoms with van der Waals surface area (Å²) in [6.07, 6.45) is -3.03. The number of nitrogens with two attached hydrogens (primary N) is 1. The van der Waals surface area contributed by atoms with Gasteiger partial charge in [0.25, 0.3) is 0 Å². The molecule has 1 aromatic carbocycles. The lowest BCUT2D eigenvalue weighted by atomic mass is 9.97. The highest BCUT2D eigenvalue weighted by molar-refractivity contribution is 7.61. The van der Waals surface area contributed by atoms with Crippen molar-refractivity contribution < 1.29 is 36.7 Å². The molecule has 0 aliphatic heterocycles. The number of nitrogens with zero attached hydrogens (tertiary/aromatic N) is 4. The largest absolute Gasteiger partial charge is 0.573 e. The van der Waals surface area contributed by atoms with Crippen LogP contribution in [0.15, 0.2) is 36.9 Å². The van der Waals surface area contributed by atoms with Crippen molar-refractivity contribution in [2.75, 3.05) is 18.2 Å². The normalized spacial score (nSPS) is 15.5. The first-order chi connectivity index (χ1) is 19.0. The van der Waals surface area contributed by atoms with E-state index in [1.165, 1.54) is 30.6 Å². The third-order valence-corrected chi connectivity index (χ3v) is 8.76. The van der Waals surface area contributed by atoms with Crippen LogP contribution >= 0.6 is 7.29 Å². The molecule has 0 saturated heterocycles. The van der Waals surface area contributed by atoms with Crippen molar-refractivity contribution in [3.05, 3.63) is 42.5 Å². The van der Waals surface area contributed by atoms with Gasteiger partial charge in [0.1, 0.15) is 23.9 Å². The summed E-state index contributed by atoms with van der Waals surface area (Å²) < 4.78 is 69.1. The summed E-state index contributed by atoms with van der Waals surface area (Å²) in [7, 11) is -3.46. The number of fused-ring (bicyclic) bond motifs is 1. The number of anilines is 1. The lowest BCUT2D eigenvalue weighted by Gasteiger charge is -2.32. The molecule has 2 heterocycles. The van der Waals surface area contributed by atoms with Crippen LogP contribution in [0.3, 0.4) is 0 Å². The molecule has 3 atom stereocenters. The number of nitrogen functional groups attached to an aromatic ring is 1. The van der Waals surface area contributed by atoms with Gasteiger partial charge >= 0.3 is 12.3 Å². The van der Waals surface area contributed by atoms with E-state index in [4.69, 9.17) is 15.2 Å². The second-order valence-corrected chi connectivity index (χ2v) is 13.4. The van der Waals surface area contributed by atoms with Crippen molar-refractivity contribution in [2.24, 2.45) is 5.41 Å². The number of hydrogen-bond acceptors (Lipinski definition) is 9. The predicted octanol–water partition coefficient (Wildman–Crippen LogP) is 5.28. The van der Waals surface area contributed by atoms with Crippen LogP contribution in [0.4, 0.5) is 19.0 Å². The molecule has 0 fully saturated rings. The minimum absolute atomic E-state index is 0.0877. The van der Waals surface area contributed by atoms with Crippen molar-refractivity contribution in [3.63, 3.8) is 0 Å². The van der Waals surface area contributed by atoms with E-state index in [1.807, 2.05) is 0 Å². The van der Waals surface area contributed by atoms with Crippen LogP contribution in [0.1, 0.15) is 53.1 Å². The molecule has 0 radical (unpaired) electrons. The lowest BCUT2D eigenvalue weighted by molar-refractivity contribution is -0.274. The van der Waals surface area contributed by atoms with Crippen molar-refractivity contribution in [3.8, 4) is 5.75 Å². The molecule has 2 aromatic heterocycles. The Kier molecular flexibility index (Phi) is 10.0. The standard InChI is InChI=1S/C26H36F3N6O5P/c1-16(2)39-24(36)25(5,6)12-41(37,34-18(4)19-7-9-20(10-8-19)40-26(27,28)29)15-38-17(3)11-35-14-33-21-22(30)31-13-32-23(21)35/h7-10,13-14,16-18H,11-12,15H2,1-6H3,(H,34,37)(H2,30,31,32)/t17-,18-,41?/m1/s1. The van der Waals surface area contributed by atoms with E-state index in [9.17, 15) is 22.5 Å². The SMILES string of the molecule is CC(C)OC(=O)C(C)(C)CP(=O)(CO[C@H](C)Cn1cnc2c(N)ncnc21)N[C@H](C)c1ccc(OC(F)(F)F)cc1. The monoisotopic (exact) mass is 600 g/mol. The zero-order chi connectivity index (χ0) is 30.6. The third-order valence-electron chi connectivity index (χ3n) is 6.04. The van der Waals surface area contributed by atoms with Crippen molar-refractivity contribution in [1.29, 1.82) is 0 Å². The maximum Gasteiger partial charge on any atom is 0.573 e. The van der Waals surface area contributed by atoms with Crippen molar-refractivity contribution in [2.45, 2.75) is 72.7 Å². The summed E-state index contributed by atoms with van der Waals surface area (Å²) in [5.41, 5.74) is 6.28. The number of esters is 1. The van der Waals surface area contributed by atoms with Crippen LogP contribution < -0.4 is 15.6 Å². The molecular formula is C26H36F3N6O5P. The number of ether oxygens (including phenoxy) is 3. The first-order valence-electron chi connectivity index (χ1n) is 12.9. The number of benzene rings is 1. The molecule has 0 aliphatic rings. The molecule has 3 aromatic rings. The predicted molar refractivity (Wildman–Crippen MR) is 147 cm³/mol. The second-order valence-electron chi connectivity index (χ2n) is 10.8. The molecule has 11 nitrogen and oxygen atoms in total. The van der Waals surface area contributed by atoms with Crippen molar-refractivity contribution >= 4 is 30.2 Å². The molecule has 0 aliphatic carbocycles. The highest BCUT2D eigenvalue weighted by Crippen LogP contribution is 2.49. The Labute approximate surface area is 236 Å². The Balaban J connectivity index is 1.77. The van der Waals surface area contributed by atoms with Gasteiger partial charge in [-0.25, -0.2) is 15.0 Å². The maximum atomic E-state index is 14.3. The quantitative estimate of drug-likeness (QED) is 0.197. The first-order valence-corrected chi connectivity index (χ1v) is 15.0. The maximum absolute atomic E-state index is 14.3. The second kappa shape index (κ2) is 12.7. The van der Waals surface area contributed by atoms with Crippen molar-refractivity contribution in [1.82, 2.24) is 24.6 Å². The summed E-state index contributed by atoms with van der Waals surface area (Å²) in [4.78, 5) is 25.2. The summed E-state index contributed by atoms with van der Waals surface area (Å²) >= 11 is 0. The minimum Gasteiger partial charge on any atom is -0.463 e. The molecule has 0 bridgehead atoms. The molecule has 3 rings (SSSR count). The molecular weight excluding hydrogens is 564 g/mol. The Bertz CT molecular complexity index is 1380. The number of imidazole rings is 1. The summed E-state index contributed by atoms with van der Waals surface area (Å²) in [6, 6.07) is 4.69. The molecule has 41 heavy (non-hydrogen) atoms. The molecule has 0 spiro atoms. The number of halogens is 3. The van der Waals surface area contributed by atoms with Crippen LogP contribution in [-0.4, -0.2) is 56.6 Å². The zero-order valence-electron chi connectivity index (χ0n) is 23.8. The third kappa shape index (κ3) is 9.14. The van der Waals surface area contributed by atoms with Crippen LogP contribution in [0.5, 0.6) is 5.75 Å². The average Bonchev–Trinajstić information content (AvgIpc) is 3.25. The van der Waals surface area contributed by atoms with E-state index in [0.29, 0.717) is 23.3 Å². The van der Waals surface area contributed by atoms with Gasteiger partial charge in [0, 0.05) is 12.2 Å². The highest BCUT2D eigenvalue weighted by Gasteiger charge is 2.40. The lowest BCUT2D eigenvalue weighted by Crippen LogP contribution is -2.35. The van der Waals surface area contributed by atoms with E-state index in [2.05, 4.69) is 24.8 Å². The van der Waals surface area contributed by atoms with Gasteiger partial charge in [-0.05, 0) is 59.2 Å². The number of aromatic nitrogens is 4. The van der Waals surface area contributed by atoms with Crippen LogP contribution in [0.25, 0.3) is 11.2 Å². The number of carbonyl (C=O) groups is 1. The number of rotatable bonds is 13. The Morgan fingerprint density at radius 2 is 1.76 bits per heavy atom. The van der Waals surface area contributed by atoms with Gasteiger partial charge in [0.05, 0.1) is 30.5 Å². The topological polar surface area (TPSA) is 143 Å². The first kappa shape index (κ1) is 32.3. The van der Waals surface area contributed by atoms with Crippen LogP contribution in [-0.2, 0) is 25.4 Å². The fraction of sp³-hybridized carbons (Fsp3) is 0.538. The van der Waals surface area contributed by atoms with Crippen LogP contribution in [0.2, 0.25) is 0 Å². The van der Waals surface area contributed by atoms with Gasteiger partial charge < -0.3 is 29.1 Å². The molecule has 1 unspecified atom stereocenters. The number of nitrogens with one attached hydrogen (secondary N) is 1. The van der Waals surface area contributed by atoms with Gasteiger partial charge in [-0.15, -0.1) is 13.2 Å². The molecule has 226 valence electrons. The fourth-order valence-electron chi connectivity index (χ4n) is 4.20. The van der Waals surface area contributed by atoms with E-state index < -0.39 is 37.2 Å². The molecule has 0 saturated carbocycles. The summed E-state index contributed by atoms with van der Waals surface area (Å²) in [6.45, 7) is 10.6. The van der Waals surface area contributed by atoms with E-state index in [1.54, 1.807) is 52.4 Å². The number of carbonyl (C=O) groups excluding carboxylic acids is 1. The van der Waals surface area contributed by atoms with Gasteiger partial charge in [-0.3, -0.25) is 9.88 Å². The van der Waals surface area contributed by atoms with Gasteiger partial charge in [-0.2, -0.15) is 0 Å². The molecule has 3 N–H and O–H groups in total. The molecule has 15 heteroatoms. The number of alkyl halides is 3. The van der Waals surface area contributed by atoms with Crippen LogP contribution in [0, 0.1) is 5.41 Å². The number of hydrogen-bond donors (Lipinski definition) is 2. The smallest absolute Gasteiger partial charge is 0.463 e. The zero-order valence-corrected chi connectivity index (χ0v) is 24.7. The highest BCUT2D eigenvalue weighted by atomic mass is 31.2. The summed E-state index contributed by atoms with van der Waals surface area (Å²) in [5.74, 6) is -0.630. The average molecular weight is 601 g/mol.